The number of carbonyl (C=O) groups is 2. The Balaban J connectivity index is 1.79. The smallest absolute Gasteiger partial charge is 0.269 e. The Labute approximate surface area is 135 Å². The second-order valence-electron chi connectivity index (χ2n) is 4.70. The fourth-order valence-electron chi connectivity index (χ4n) is 1.93. The van der Waals surface area contributed by atoms with Gasteiger partial charge in [-0.2, -0.15) is 5.21 Å². The summed E-state index contributed by atoms with van der Waals surface area (Å²) < 4.78 is 30.0. The number of aromatic amines is 1. The van der Waals surface area contributed by atoms with Crippen LogP contribution in [0, 0.1) is 0 Å². The van der Waals surface area contributed by atoms with Gasteiger partial charge in [0.05, 0.1) is 11.3 Å². The van der Waals surface area contributed by atoms with E-state index in [4.69, 9.17) is 4.42 Å². The van der Waals surface area contributed by atoms with Gasteiger partial charge in [-0.25, -0.2) is 8.42 Å². The number of H-pyrrole nitrogens is 1. The second-order valence-corrected chi connectivity index (χ2v) is 6.58. The van der Waals surface area contributed by atoms with Gasteiger partial charge in [0.25, 0.3) is 5.78 Å². The Kier molecular flexibility index (Phi) is 4.04. The van der Waals surface area contributed by atoms with E-state index in [1.165, 1.54) is 24.3 Å². The van der Waals surface area contributed by atoms with Gasteiger partial charge < -0.3 is 4.42 Å². The molecule has 122 valence electrons. The van der Waals surface area contributed by atoms with Crippen LogP contribution in [0.2, 0.25) is 0 Å². The molecule has 2 heterocycles. The zero-order valence-electron chi connectivity index (χ0n) is 12.0. The molecule has 2 aromatic heterocycles. The third-order valence-electron chi connectivity index (χ3n) is 3.09. The van der Waals surface area contributed by atoms with Crippen molar-refractivity contribution in [2.24, 2.45) is 0 Å². The van der Waals surface area contributed by atoms with Crippen molar-refractivity contribution >= 4 is 21.4 Å². The lowest BCUT2D eigenvalue weighted by Gasteiger charge is -2.00. The number of ketones is 2. The number of carbonyl (C=O) groups excluding carboxylic acids is 2. The predicted octanol–water partition coefficient (Wildman–Crippen LogP) is 0.620. The van der Waals surface area contributed by atoms with Crippen molar-refractivity contribution in [2.75, 3.05) is 0 Å². The third-order valence-corrected chi connectivity index (χ3v) is 4.73. The van der Waals surface area contributed by atoms with Crippen LogP contribution < -0.4 is 0 Å². The minimum absolute atomic E-state index is 0.0475. The van der Waals surface area contributed by atoms with Gasteiger partial charge in [-0.1, -0.05) is 18.2 Å². The molecule has 1 N–H and O–H groups in total. The van der Waals surface area contributed by atoms with Gasteiger partial charge in [-0.15, -0.1) is 10.2 Å². The summed E-state index contributed by atoms with van der Waals surface area (Å²) in [5.74, 6) is -2.09. The lowest BCUT2D eigenvalue weighted by Crippen LogP contribution is -2.18. The Morgan fingerprint density at radius 2 is 1.83 bits per heavy atom. The van der Waals surface area contributed by atoms with Crippen LogP contribution >= 0.6 is 0 Å². The van der Waals surface area contributed by atoms with Gasteiger partial charge in [-0.3, -0.25) is 9.59 Å². The topological polar surface area (TPSA) is 136 Å². The standard InChI is InChI=1S/C14H10N4O5S/c19-11(13(20)14-15-17-18-16-14)8-9-6-7-12(23-9)24(21,22)10-4-2-1-3-5-10/h1-7H,8H2,(H,15,16,17,18). The Morgan fingerprint density at radius 1 is 1.08 bits per heavy atom. The van der Waals surface area contributed by atoms with Crippen LogP contribution in [0.4, 0.5) is 0 Å². The van der Waals surface area contributed by atoms with Crippen LogP contribution in [0.1, 0.15) is 16.4 Å². The number of rotatable bonds is 6. The highest BCUT2D eigenvalue weighted by Gasteiger charge is 2.25. The zero-order valence-corrected chi connectivity index (χ0v) is 12.9. The van der Waals surface area contributed by atoms with E-state index in [0.29, 0.717) is 0 Å². The molecule has 3 rings (SSSR count). The molecular weight excluding hydrogens is 336 g/mol. The van der Waals surface area contributed by atoms with E-state index in [-0.39, 0.29) is 21.6 Å². The Morgan fingerprint density at radius 3 is 2.50 bits per heavy atom. The van der Waals surface area contributed by atoms with E-state index >= 15 is 0 Å². The summed E-state index contributed by atoms with van der Waals surface area (Å²) in [6.45, 7) is 0. The number of sulfone groups is 1. The molecule has 0 saturated carbocycles. The molecule has 0 aliphatic rings. The van der Waals surface area contributed by atoms with Gasteiger partial charge in [0.15, 0.2) is 0 Å². The third kappa shape index (κ3) is 2.99. The SMILES string of the molecule is O=C(Cc1ccc(S(=O)(=O)c2ccccc2)o1)C(=O)c1nn[nH]n1. The minimum Gasteiger partial charge on any atom is -0.449 e. The molecule has 9 nitrogen and oxygen atoms in total. The highest BCUT2D eigenvalue weighted by molar-refractivity contribution is 7.91. The predicted molar refractivity (Wildman–Crippen MR) is 77.8 cm³/mol. The average Bonchev–Trinajstić information content (AvgIpc) is 3.27. The van der Waals surface area contributed by atoms with Crippen molar-refractivity contribution < 1.29 is 22.4 Å². The molecule has 0 spiro atoms. The maximum Gasteiger partial charge on any atom is 0.269 e. The zero-order chi connectivity index (χ0) is 17.2. The highest BCUT2D eigenvalue weighted by atomic mass is 32.2. The van der Waals surface area contributed by atoms with Crippen LogP contribution in [0.15, 0.2) is 56.9 Å². The normalized spacial score (nSPS) is 11.3. The van der Waals surface area contributed by atoms with Crippen molar-refractivity contribution in [1.82, 2.24) is 20.6 Å². The maximum absolute atomic E-state index is 12.4. The number of aromatic nitrogens is 4. The lowest BCUT2D eigenvalue weighted by molar-refractivity contribution is -0.114. The van der Waals surface area contributed by atoms with Crippen molar-refractivity contribution in [3.05, 3.63) is 54.0 Å². The summed E-state index contributed by atoms with van der Waals surface area (Å²) >= 11 is 0. The molecular formula is C14H10N4O5S. The molecule has 24 heavy (non-hydrogen) atoms. The van der Waals surface area contributed by atoms with Gasteiger partial charge in [-0.05, 0) is 29.5 Å². The number of furan rings is 1. The number of Topliss-reactive ketones (excluding diaryl/α,β-unsaturated/α-hetero) is 2. The molecule has 0 bridgehead atoms. The molecule has 1 aromatic carbocycles. The van der Waals surface area contributed by atoms with E-state index in [1.807, 2.05) is 0 Å². The van der Waals surface area contributed by atoms with E-state index < -0.39 is 27.8 Å². The van der Waals surface area contributed by atoms with Crippen LogP contribution in [-0.4, -0.2) is 40.6 Å². The molecule has 0 fully saturated rings. The first-order chi connectivity index (χ1) is 11.5. The summed E-state index contributed by atoms with van der Waals surface area (Å²) in [4.78, 5) is 23.7. The summed E-state index contributed by atoms with van der Waals surface area (Å²) in [6.07, 6.45) is -0.405. The van der Waals surface area contributed by atoms with Crippen molar-refractivity contribution in [3.8, 4) is 0 Å². The minimum atomic E-state index is -3.82. The number of nitrogens with zero attached hydrogens (tertiary/aromatic N) is 3. The molecule has 0 amide bonds. The first-order valence-electron chi connectivity index (χ1n) is 6.68. The van der Waals surface area contributed by atoms with E-state index in [9.17, 15) is 18.0 Å². The van der Waals surface area contributed by atoms with Crippen LogP contribution in [0.5, 0.6) is 0 Å². The van der Waals surface area contributed by atoms with Gasteiger partial charge >= 0.3 is 0 Å². The maximum atomic E-state index is 12.4. The number of tetrazole rings is 1. The number of hydrogen-bond acceptors (Lipinski definition) is 8. The Bertz CT molecular complexity index is 977. The van der Waals surface area contributed by atoms with Crippen molar-refractivity contribution in [1.29, 1.82) is 0 Å². The summed E-state index contributed by atoms with van der Waals surface area (Å²) in [6, 6.07) is 10.3. The molecule has 0 saturated heterocycles. The summed E-state index contributed by atoms with van der Waals surface area (Å²) in [5.41, 5.74) is 0. The number of nitrogens with one attached hydrogen (secondary N) is 1. The van der Waals surface area contributed by atoms with Crippen LogP contribution in [-0.2, 0) is 21.1 Å². The summed E-state index contributed by atoms with van der Waals surface area (Å²) in [7, 11) is -3.82. The van der Waals surface area contributed by atoms with Gasteiger partial charge in [0.1, 0.15) is 5.76 Å². The monoisotopic (exact) mass is 346 g/mol. The second kappa shape index (κ2) is 6.16. The highest BCUT2D eigenvalue weighted by Crippen LogP contribution is 2.23. The Hall–Kier alpha value is -3.14. The number of hydrogen-bond donors (Lipinski definition) is 1. The quantitative estimate of drug-likeness (QED) is 0.507. The number of benzene rings is 1. The van der Waals surface area contributed by atoms with Crippen molar-refractivity contribution in [2.45, 2.75) is 16.4 Å². The molecule has 0 radical (unpaired) electrons. The fourth-order valence-corrected chi connectivity index (χ4v) is 3.15. The lowest BCUT2D eigenvalue weighted by atomic mass is 10.1. The average molecular weight is 346 g/mol. The first-order valence-corrected chi connectivity index (χ1v) is 8.16. The van der Waals surface area contributed by atoms with E-state index in [0.717, 1.165) is 0 Å². The molecule has 0 unspecified atom stereocenters. The van der Waals surface area contributed by atoms with E-state index in [1.54, 1.807) is 18.2 Å². The van der Waals surface area contributed by atoms with Crippen molar-refractivity contribution in [3.63, 3.8) is 0 Å². The molecule has 0 aliphatic carbocycles. The molecule has 10 heteroatoms. The molecule has 0 atom stereocenters. The van der Waals surface area contributed by atoms with Crippen LogP contribution in [0.25, 0.3) is 0 Å². The van der Waals surface area contributed by atoms with E-state index in [2.05, 4.69) is 20.6 Å². The van der Waals surface area contributed by atoms with Gasteiger partial charge in [0.2, 0.25) is 26.5 Å². The first kappa shape index (κ1) is 15.7. The molecule has 0 aliphatic heterocycles. The van der Waals surface area contributed by atoms with Gasteiger partial charge in [0, 0.05) is 0 Å². The fraction of sp³-hybridized carbons (Fsp3) is 0.0714. The van der Waals surface area contributed by atoms with Crippen LogP contribution in [0.3, 0.4) is 0 Å². The largest absolute Gasteiger partial charge is 0.449 e. The summed E-state index contributed by atoms with van der Waals surface area (Å²) in [5, 5.41) is 11.8. The molecule has 3 aromatic rings.